The van der Waals surface area contributed by atoms with Crippen LogP contribution in [0.1, 0.15) is 0 Å². The molecule has 9 aromatic carbocycles. The third kappa shape index (κ3) is 4.30. The van der Waals surface area contributed by atoms with Crippen LogP contribution in [0.3, 0.4) is 0 Å². The molecule has 3 nitrogen and oxygen atoms in total. The van der Waals surface area contributed by atoms with Gasteiger partial charge < -0.3 is 8.82 Å². The van der Waals surface area contributed by atoms with Gasteiger partial charge in [-0.25, -0.2) is 0 Å². The summed E-state index contributed by atoms with van der Waals surface area (Å²) in [5.74, 6) is 0. The van der Waals surface area contributed by atoms with E-state index in [4.69, 9.17) is 4.42 Å². The van der Waals surface area contributed by atoms with Gasteiger partial charge in [0.15, 0.2) is 0 Å². The first-order valence-electron chi connectivity index (χ1n) is 20.2. The Morgan fingerprint density at radius 3 is 1.48 bits per heavy atom. The molecular weight excluding hydrogens is 771 g/mol. The van der Waals surface area contributed by atoms with Gasteiger partial charge in [0.25, 0.3) is 0 Å². The second kappa shape index (κ2) is 11.9. The maximum absolute atomic E-state index is 13.6. The molecule has 14 rings (SSSR count). The number of nitrogens with zero attached hydrogens (tertiary/aromatic N) is 1. The van der Waals surface area contributed by atoms with Gasteiger partial charge in [0.2, 0.25) is 5.43 Å². The van der Waals surface area contributed by atoms with E-state index in [1.165, 1.54) is 101 Å². The number of aromatic nitrogens is 1. The average molecular weight is 800 g/mol. The van der Waals surface area contributed by atoms with Gasteiger partial charge in [-0.15, -0.1) is 22.7 Å². The maximum Gasteiger partial charge on any atom is 0.200 e. The van der Waals surface area contributed by atoms with Crippen LogP contribution >= 0.6 is 22.7 Å². The van der Waals surface area contributed by atoms with Crippen LogP contribution in [-0.2, 0) is 0 Å². The molecule has 0 aliphatic carbocycles. The van der Waals surface area contributed by atoms with Crippen molar-refractivity contribution in [2.24, 2.45) is 0 Å². The highest BCUT2D eigenvalue weighted by Gasteiger charge is 2.21. The van der Waals surface area contributed by atoms with Crippen molar-refractivity contribution in [1.82, 2.24) is 4.40 Å². The lowest BCUT2D eigenvalue weighted by Gasteiger charge is -2.06. The number of hydrogen-bond donors (Lipinski definition) is 0. The monoisotopic (exact) mass is 799 g/mol. The topological polar surface area (TPSA) is 34.6 Å². The van der Waals surface area contributed by atoms with Crippen LogP contribution in [0.25, 0.3) is 134 Å². The Morgan fingerprint density at radius 2 is 0.817 bits per heavy atom. The predicted octanol–water partition coefficient (Wildman–Crippen LogP) is 15.8. The van der Waals surface area contributed by atoms with Gasteiger partial charge in [0, 0.05) is 73.0 Å². The van der Waals surface area contributed by atoms with Crippen molar-refractivity contribution in [3.05, 3.63) is 186 Å². The predicted molar refractivity (Wildman–Crippen MR) is 257 cm³/mol. The molecule has 0 N–H and O–H groups in total. The van der Waals surface area contributed by atoms with Crippen molar-refractivity contribution in [3.8, 4) is 33.4 Å². The second-order valence-corrected chi connectivity index (χ2v) is 17.9. The SMILES string of the molecule is O=c1c2ccccc2oc2ccc(-c3cccc4c3sc3c(-c5cccc6c5sc5c(-c7ccc8c9cccc%10c%11ccccc%11n(c8c7)c%109)cccc56)cccc34)cc12. The molecule has 14 aromatic rings. The normalized spacial score (nSPS) is 12.4. The quantitative estimate of drug-likeness (QED) is 0.167. The minimum atomic E-state index is -0.00297. The van der Waals surface area contributed by atoms with Crippen molar-refractivity contribution in [1.29, 1.82) is 0 Å². The molecule has 0 radical (unpaired) electrons. The second-order valence-electron chi connectivity index (χ2n) is 15.9. The first-order valence-corrected chi connectivity index (χ1v) is 21.8. The third-order valence-corrected chi connectivity index (χ3v) is 15.3. The summed E-state index contributed by atoms with van der Waals surface area (Å²) >= 11 is 3.74. The van der Waals surface area contributed by atoms with Crippen molar-refractivity contribution in [2.45, 2.75) is 0 Å². The summed E-state index contributed by atoms with van der Waals surface area (Å²) in [4.78, 5) is 13.6. The molecule has 5 aromatic heterocycles. The van der Waals surface area contributed by atoms with Crippen LogP contribution < -0.4 is 5.43 Å². The molecule has 0 saturated carbocycles. The minimum absolute atomic E-state index is 0.00297. The lowest BCUT2D eigenvalue weighted by molar-refractivity contribution is 0.660. The lowest BCUT2D eigenvalue weighted by Crippen LogP contribution is -2.01. The highest BCUT2D eigenvalue weighted by molar-refractivity contribution is 7.28. The van der Waals surface area contributed by atoms with Crippen LogP contribution in [0.15, 0.2) is 185 Å². The molecule has 0 aliphatic rings. The standard InChI is InChI=1S/C55H29NO2S2/c57-51-44-11-2-4-23-48(44)58-49-27-25-30(28-45(49)51)32-12-5-16-38-40-18-8-20-42(54(40)59-52(32)38)43-21-9-19-41-39-17-6-13-33(53(39)60-55(41)43)31-24-26-35-37-15-7-14-36-34-10-1-3-22-46(34)56(50(36)37)47(35)29-31/h1-29H. The van der Waals surface area contributed by atoms with Crippen LogP contribution in [0, 0.1) is 0 Å². The average Bonchev–Trinajstić information content (AvgIpc) is 4.06. The zero-order valence-electron chi connectivity index (χ0n) is 31.8. The Kier molecular flexibility index (Phi) is 6.47. The van der Waals surface area contributed by atoms with Crippen LogP contribution in [0.4, 0.5) is 0 Å². The molecule has 0 amide bonds. The number of thiophene rings is 2. The summed E-state index contributed by atoms with van der Waals surface area (Å²) in [7, 11) is 0. The van der Waals surface area contributed by atoms with Gasteiger partial charge in [-0.2, -0.15) is 0 Å². The maximum atomic E-state index is 13.6. The molecule has 0 fully saturated rings. The summed E-state index contributed by atoms with van der Waals surface area (Å²) in [5, 5.41) is 11.4. The minimum Gasteiger partial charge on any atom is -0.456 e. The van der Waals surface area contributed by atoms with Gasteiger partial charge >= 0.3 is 0 Å². The summed E-state index contributed by atoms with van der Waals surface area (Å²) in [6.07, 6.45) is 0. The Hall–Kier alpha value is -7.31. The molecule has 0 atom stereocenters. The van der Waals surface area contributed by atoms with Gasteiger partial charge in [-0.1, -0.05) is 140 Å². The highest BCUT2D eigenvalue weighted by Crippen LogP contribution is 2.49. The van der Waals surface area contributed by atoms with E-state index in [1.807, 2.05) is 59.1 Å². The van der Waals surface area contributed by atoms with E-state index < -0.39 is 0 Å². The van der Waals surface area contributed by atoms with Gasteiger partial charge in [0.05, 0.1) is 27.3 Å². The summed E-state index contributed by atoms with van der Waals surface area (Å²) < 4.78 is 13.7. The fraction of sp³-hybridized carbons (Fsp3) is 0. The molecule has 278 valence electrons. The Bertz CT molecular complexity index is 4220. The Labute approximate surface area is 349 Å². The van der Waals surface area contributed by atoms with E-state index in [0.717, 1.165) is 11.1 Å². The fourth-order valence-electron chi connectivity index (χ4n) is 10.1. The number of hydrogen-bond acceptors (Lipinski definition) is 4. The Balaban J connectivity index is 0.950. The molecule has 0 bridgehead atoms. The fourth-order valence-corrected chi connectivity index (χ4v) is 12.8. The van der Waals surface area contributed by atoms with Crippen molar-refractivity contribution in [2.75, 3.05) is 0 Å². The van der Waals surface area contributed by atoms with Crippen LogP contribution in [0.2, 0.25) is 0 Å². The molecule has 0 saturated heterocycles. The van der Waals surface area contributed by atoms with E-state index in [2.05, 4.69) is 144 Å². The molecule has 0 unspecified atom stereocenters. The zero-order valence-corrected chi connectivity index (χ0v) is 33.5. The van der Waals surface area contributed by atoms with Gasteiger partial charge in [-0.05, 0) is 58.7 Å². The molecule has 5 heteroatoms. The molecule has 0 aliphatic heterocycles. The van der Waals surface area contributed by atoms with E-state index in [-0.39, 0.29) is 5.43 Å². The largest absolute Gasteiger partial charge is 0.456 e. The smallest absolute Gasteiger partial charge is 0.200 e. The molecular formula is C55H29NO2S2. The number of benzene rings is 9. The van der Waals surface area contributed by atoms with E-state index >= 15 is 0 Å². The molecule has 0 spiro atoms. The lowest BCUT2D eigenvalue weighted by atomic mass is 9.98. The van der Waals surface area contributed by atoms with Crippen LogP contribution in [-0.4, -0.2) is 4.40 Å². The first-order chi connectivity index (χ1) is 29.7. The number of fused-ring (bicyclic) bond motifs is 14. The number of para-hydroxylation sites is 3. The van der Waals surface area contributed by atoms with Gasteiger partial charge in [0.1, 0.15) is 11.2 Å². The third-order valence-electron chi connectivity index (χ3n) is 12.8. The van der Waals surface area contributed by atoms with Crippen molar-refractivity contribution in [3.63, 3.8) is 0 Å². The zero-order chi connectivity index (χ0) is 39.2. The summed E-state index contributed by atoms with van der Waals surface area (Å²) in [6, 6.07) is 62.9. The van der Waals surface area contributed by atoms with E-state index in [1.54, 1.807) is 0 Å². The highest BCUT2D eigenvalue weighted by atomic mass is 32.1. The summed E-state index contributed by atoms with van der Waals surface area (Å²) in [5.41, 5.74) is 12.1. The van der Waals surface area contributed by atoms with Crippen LogP contribution in [0.5, 0.6) is 0 Å². The molecule has 60 heavy (non-hydrogen) atoms. The Morgan fingerprint density at radius 1 is 0.350 bits per heavy atom. The van der Waals surface area contributed by atoms with Gasteiger partial charge in [-0.3, -0.25) is 4.79 Å². The van der Waals surface area contributed by atoms with E-state index in [0.29, 0.717) is 21.9 Å². The van der Waals surface area contributed by atoms with Crippen molar-refractivity contribution < 1.29 is 4.42 Å². The van der Waals surface area contributed by atoms with E-state index in [9.17, 15) is 4.79 Å². The number of rotatable bonds is 3. The molecule has 5 heterocycles. The summed E-state index contributed by atoms with van der Waals surface area (Å²) in [6.45, 7) is 0. The van der Waals surface area contributed by atoms with Crippen molar-refractivity contribution >= 4 is 123 Å². The first kappa shape index (κ1) is 32.6.